The lowest BCUT2D eigenvalue weighted by molar-refractivity contribution is 0.0544. The van der Waals surface area contributed by atoms with Gasteiger partial charge in [0.25, 0.3) is 0 Å². The zero-order valence-electron chi connectivity index (χ0n) is 9.95. The van der Waals surface area contributed by atoms with E-state index in [2.05, 4.69) is 24.8 Å². The smallest absolute Gasteiger partial charge is 0.0625 e. The molecule has 0 aromatic rings. The highest BCUT2D eigenvalue weighted by Gasteiger charge is 2.40. The second kappa shape index (κ2) is 4.53. The van der Waals surface area contributed by atoms with Crippen LogP contribution in [-0.4, -0.2) is 23.5 Å². The van der Waals surface area contributed by atoms with E-state index in [1.165, 1.54) is 32.2 Å². The van der Waals surface area contributed by atoms with Crippen LogP contribution in [0.3, 0.4) is 0 Å². The zero-order valence-corrected chi connectivity index (χ0v) is 9.95. The highest BCUT2D eigenvalue weighted by Crippen LogP contribution is 2.38. The molecule has 2 aliphatic rings. The molecule has 0 aromatic carbocycles. The number of rotatable bonds is 3. The van der Waals surface area contributed by atoms with E-state index in [-0.39, 0.29) is 0 Å². The van der Waals surface area contributed by atoms with Crippen LogP contribution in [0.2, 0.25) is 0 Å². The summed E-state index contributed by atoms with van der Waals surface area (Å²) in [6.07, 6.45) is 6.10. The van der Waals surface area contributed by atoms with Gasteiger partial charge in [-0.15, -0.1) is 0 Å². The Bertz CT molecular complexity index is 250. The van der Waals surface area contributed by atoms with Crippen LogP contribution < -0.4 is 0 Å². The summed E-state index contributed by atoms with van der Waals surface area (Å²) in [7, 11) is 0. The maximum atomic E-state index is 8.89. The van der Waals surface area contributed by atoms with Gasteiger partial charge in [-0.3, -0.25) is 4.90 Å². The van der Waals surface area contributed by atoms with Gasteiger partial charge < -0.3 is 0 Å². The first kappa shape index (κ1) is 11.0. The fourth-order valence-corrected chi connectivity index (χ4v) is 3.23. The minimum Gasteiger partial charge on any atom is -0.297 e. The molecule has 0 amide bonds. The molecule has 0 aromatic heterocycles. The van der Waals surface area contributed by atoms with Crippen molar-refractivity contribution in [2.45, 2.75) is 58.0 Å². The Kier molecular flexibility index (Phi) is 3.31. The van der Waals surface area contributed by atoms with E-state index < -0.39 is 0 Å². The van der Waals surface area contributed by atoms with Crippen molar-refractivity contribution in [2.24, 2.45) is 11.8 Å². The lowest BCUT2D eigenvalue weighted by Crippen LogP contribution is -2.49. The van der Waals surface area contributed by atoms with Crippen molar-refractivity contribution in [3.63, 3.8) is 0 Å². The molecule has 1 aliphatic heterocycles. The second-order valence-corrected chi connectivity index (χ2v) is 5.47. The molecule has 2 unspecified atom stereocenters. The third-order valence-corrected chi connectivity index (χ3v) is 3.91. The summed E-state index contributed by atoms with van der Waals surface area (Å²) < 4.78 is 0. The van der Waals surface area contributed by atoms with E-state index >= 15 is 0 Å². The molecule has 2 atom stereocenters. The van der Waals surface area contributed by atoms with Crippen LogP contribution in [0.4, 0.5) is 0 Å². The van der Waals surface area contributed by atoms with Gasteiger partial charge in [-0.2, -0.15) is 5.26 Å². The van der Waals surface area contributed by atoms with E-state index in [1.54, 1.807) is 0 Å². The summed E-state index contributed by atoms with van der Waals surface area (Å²) in [5, 5.41) is 8.89. The number of nitrogens with zero attached hydrogens (tertiary/aromatic N) is 2. The standard InChI is InChI=1S/C13H22N2/c1-10(2)13-11(7-8-14)4-3-9-15(13)12-5-6-12/h10-13H,3-7,9H2,1-2H3. The predicted octanol–water partition coefficient (Wildman–Crippen LogP) is 2.80. The van der Waals surface area contributed by atoms with Crippen molar-refractivity contribution in [1.82, 2.24) is 4.90 Å². The van der Waals surface area contributed by atoms with E-state index in [1.807, 2.05) is 0 Å². The lowest BCUT2D eigenvalue weighted by Gasteiger charge is -2.43. The van der Waals surface area contributed by atoms with Gasteiger partial charge in [0.05, 0.1) is 6.07 Å². The third-order valence-electron chi connectivity index (χ3n) is 3.91. The summed E-state index contributed by atoms with van der Waals surface area (Å²) in [5.41, 5.74) is 0. The van der Waals surface area contributed by atoms with E-state index in [0.717, 1.165) is 12.5 Å². The highest BCUT2D eigenvalue weighted by molar-refractivity contribution is 4.97. The van der Waals surface area contributed by atoms with Crippen molar-refractivity contribution < 1.29 is 0 Å². The number of nitriles is 1. The van der Waals surface area contributed by atoms with Gasteiger partial charge in [-0.1, -0.05) is 13.8 Å². The maximum absolute atomic E-state index is 8.89. The first-order valence-corrected chi connectivity index (χ1v) is 6.36. The second-order valence-electron chi connectivity index (χ2n) is 5.47. The average molecular weight is 206 g/mol. The van der Waals surface area contributed by atoms with Crippen LogP contribution in [0.5, 0.6) is 0 Å². The molecule has 2 fully saturated rings. The summed E-state index contributed by atoms with van der Waals surface area (Å²) in [6, 6.07) is 3.91. The quantitative estimate of drug-likeness (QED) is 0.710. The van der Waals surface area contributed by atoms with Crippen LogP contribution in [0, 0.1) is 23.2 Å². The molecule has 84 valence electrons. The Morgan fingerprint density at radius 1 is 1.33 bits per heavy atom. The lowest BCUT2D eigenvalue weighted by atomic mass is 9.81. The minimum atomic E-state index is 0.629. The van der Waals surface area contributed by atoms with Gasteiger partial charge in [0.2, 0.25) is 0 Å². The molecular formula is C13H22N2. The zero-order chi connectivity index (χ0) is 10.8. The van der Waals surface area contributed by atoms with Gasteiger partial charge >= 0.3 is 0 Å². The Morgan fingerprint density at radius 3 is 2.60 bits per heavy atom. The van der Waals surface area contributed by atoms with Gasteiger partial charge in [0.1, 0.15) is 0 Å². The number of likely N-dealkylation sites (tertiary alicyclic amines) is 1. The summed E-state index contributed by atoms with van der Waals surface area (Å²) in [5.74, 6) is 1.33. The molecular weight excluding hydrogens is 184 g/mol. The fraction of sp³-hybridized carbons (Fsp3) is 0.923. The molecule has 1 heterocycles. The third kappa shape index (κ3) is 2.34. The molecule has 1 saturated heterocycles. The SMILES string of the molecule is CC(C)C1C(CC#N)CCCN1C1CC1. The van der Waals surface area contributed by atoms with Gasteiger partial charge in [0, 0.05) is 18.5 Å². The van der Waals surface area contributed by atoms with Crippen molar-refractivity contribution in [3.05, 3.63) is 0 Å². The number of hydrogen-bond donors (Lipinski definition) is 0. The first-order chi connectivity index (χ1) is 7.24. The predicted molar refractivity (Wildman–Crippen MR) is 61.3 cm³/mol. The average Bonchev–Trinajstić information content (AvgIpc) is 3.00. The number of piperidine rings is 1. The monoisotopic (exact) mass is 206 g/mol. The molecule has 0 bridgehead atoms. The van der Waals surface area contributed by atoms with Gasteiger partial charge in [-0.05, 0) is 44.1 Å². The molecule has 15 heavy (non-hydrogen) atoms. The Hall–Kier alpha value is -0.550. The molecule has 1 saturated carbocycles. The van der Waals surface area contributed by atoms with Crippen LogP contribution in [0.15, 0.2) is 0 Å². The van der Waals surface area contributed by atoms with Crippen LogP contribution in [0.25, 0.3) is 0 Å². The van der Waals surface area contributed by atoms with Crippen LogP contribution in [0.1, 0.15) is 46.0 Å². The minimum absolute atomic E-state index is 0.629. The molecule has 0 radical (unpaired) electrons. The van der Waals surface area contributed by atoms with Crippen LogP contribution >= 0.6 is 0 Å². The van der Waals surface area contributed by atoms with E-state index in [4.69, 9.17) is 5.26 Å². The molecule has 0 spiro atoms. The van der Waals surface area contributed by atoms with Crippen molar-refractivity contribution in [3.8, 4) is 6.07 Å². The largest absolute Gasteiger partial charge is 0.297 e. The molecule has 1 aliphatic carbocycles. The van der Waals surface area contributed by atoms with Crippen molar-refractivity contribution in [1.29, 1.82) is 5.26 Å². The highest BCUT2D eigenvalue weighted by atomic mass is 15.2. The van der Waals surface area contributed by atoms with E-state index in [0.29, 0.717) is 17.9 Å². The Labute approximate surface area is 93.3 Å². The van der Waals surface area contributed by atoms with Gasteiger partial charge in [0.15, 0.2) is 0 Å². The number of hydrogen-bond acceptors (Lipinski definition) is 2. The molecule has 2 rings (SSSR count). The van der Waals surface area contributed by atoms with Crippen molar-refractivity contribution in [2.75, 3.05) is 6.54 Å². The maximum Gasteiger partial charge on any atom is 0.0625 e. The molecule has 2 heteroatoms. The summed E-state index contributed by atoms with van der Waals surface area (Å²) >= 11 is 0. The van der Waals surface area contributed by atoms with Crippen molar-refractivity contribution >= 4 is 0 Å². The molecule has 2 nitrogen and oxygen atoms in total. The van der Waals surface area contributed by atoms with Gasteiger partial charge in [-0.25, -0.2) is 0 Å². The summed E-state index contributed by atoms with van der Waals surface area (Å²) in [6.45, 7) is 5.90. The topological polar surface area (TPSA) is 27.0 Å². The van der Waals surface area contributed by atoms with E-state index in [9.17, 15) is 0 Å². The Morgan fingerprint density at radius 2 is 2.07 bits per heavy atom. The summed E-state index contributed by atoms with van der Waals surface area (Å²) in [4.78, 5) is 2.70. The normalized spacial score (nSPS) is 32.9. The molecule has 0 N–H and O–H groups in total. The Balaban J connectivity index is 2.07. The van der Waals surface area contributed by atoms with Crippen LogP contribution in [-0.2, 0) is 0 Å². The first-order valence-electron chi connectivity index (χ1n) is 6.36. The fourth-order valence-electron chi connectivity index (χ4n) is 3.23.